The zero-order chi connectivity index (χ0) is 38.2. The molecule has 0 aliphatic carbocycles. The molecule has 0 saturated carbocycles. The molecule has 12 rings (SSSR count). The summed E-state index contributed by atoms with van der Waals surface area (Å²) in [4.78, 5) is 15.8. The van der Waals surface area contributed by atoms with Crippen molar-refractivity contribution >= 4 is 65.2 Å². The normalized spacial score (nSPS) is 11.8. The van der Waals surface area contributed by atoms with Gasteiger partial charge in [0.2, 0.25) is 0 Å². The van der Waals surface area contributed by atoms with E-state index in [1.165, 1.54) is 43.4 Å². The Kier molecular flexibility index (Phi) is 7.16. The summed E-state index contributed by atoms with van der Waals surface area (Å²) >= 11 is 0. The largest absolute Gasteiger partial charge is 0.309 e. The standard InChI is InChI=1S/C53H33N5/c1-2-17-40(18-3-1)58-48-24-11-8-19-42(48)44-21-12-22-45(50(44)58)53-55-51(54-52(56-53)39-26-25-34-13-4-5-14-36(34)31-39)35-27-29-41(30-28-35)57-47-23-10-9-20-43(47)46-32-37-15-6-7-16-38(37)33-49(46)57/h1-33H. The van der Waals surface area contributed by atoms with Crippen molar-refractivity contribution in [1.29, 1.82) is 0 Å². The van der Waals surface area contributed by atoms with Crippen molar-refractivity contribution in [1.82, 2.24) is 24.1 Å². The second kappa shape index (κ2) is 12.8. The van der Waals surface area contributed by atoms with Crippen molar-refractivity contribution in [2.75, 3.05) is 0 Å². The second-order valence-corrected chi connectivity index (χ2v) is 14.9. The van der Waals surface area contributed by atoms with Crippen LogP contribution in [0.2, 0.25) is 0 Å². The fourth-order valence-electron chi connectivity index (χ4n) is 8.82. The van der Waals surface area contributed by atoms with E-state index in [1.807, 2.05) is 0 Å². The summed E-state index contributed by atoms with van der Waals surface area (Å²) in [5.41, 5.74) is 9.49. The maximum absolute atomic E-state index is 5.30. The fraction of sp³-hybridized carbons (Fsp3) is 0. The van der Waals surface area contributed by atoms with Gasteiger partial charge >= 0.3 is 0 Å². The zero-order valence-corrected chi connectivity index (χ0v) is 31.3. The van der Waals surface area contributed by atoms with E-state index in [1.54, 1.807) is 0 Å². The summed E-state index contributed by atoms with van der Waals surface area (Å²) in [6.07, 6.45) is 0. The molecule has 0 radical (unpaired) electrons. The molecule has 5 heteroatoms. The number of benzene rings is 9. The van der Waals surface area contributed by atoms with E-state index in [9.17, 15) is 0 Å². The van der Waals surface area contributed by atoms with Crippen LogP contribution >= 0.6 is 0 Å². The van der Waals surface area contributed by atoms with Gasteiger partial charge in [0, 0.05) is 49.6 Å². The molecule has 0 spiro atoms. The van der Waals surface area contributed by atoms with Gasteiger partial charge in [-0.3, -0.25) is 0 Å². The highest BCUT2D eigenvalue weighted by atomic mass is 15.0. The lowest BCUT2D eigenvalue weighted by molar-refractivity contribution is 1.07. The van der Waals surface area contributed by atoms with Gasteiger partial charge in [-0.2, -0.15) is 0 Å². The predicted molar refractivity (Wildman–Crippen MR) is 240 cm³/mol. The Balaban J connectivity index is 1.07. The van der Waals surface area contributed by atoms with Crippen molar-refractivity contribution < 1.29 is 0 Å². The van der Waals surface area contributed by atoms with Crippen molar-refractivity contribution in [3.8, 4) is 45.5 Å². The second-order valence-electron chi connectivity index (χ2n) is 14.9. The van der Waals surface area contributed by atoms with Crippen molar-refractivity contribution in [2.45, 2.75) is 0 Å². The fourth-order valence-corrected chi connectivity index (χ4v) is 8.82. The maximum atomic E-state index is 5.30. The number of nitrogens with zero attached hydrogens (tertiary/aromatic N) is 5. The van der Waals surface area contributed by atoms with Crippen LogP contribution in [0.5, 0.6) is 0 Å². The van der Waals surface area contributed by atoms with Crippen molar-refractivity contribution in [3.05, 3.63) is 200 Å². The molecular weight excluding hydrogens is 707 g/mol. The molecule has 0 saturated heterocycles. The van der Waals surface area contributed by atoms with E-state index in [-0.39, 0.29) is 0 Å². The van der Waals surface area contributed by atoms with Crippen LogP contribution in [-0.2, 0) is 0 Å². The molecular formula is C53H33N5. The van der Waals surface area contributed by atoms with Gasteiger partial charge in [0.25, 0.3) is 0 Å². The van der Waals surface area contributed by atoms with Gasteiger partial charge in [0.1, 0.15) is 0 Å². The van der Waals surface area contributed by atoms with Gasteiger partial charge < -0.3 is 9.13 Å². The maximum Gasteiger partial charge on any atom is 0.166 e. The van der Waals surface area contributed by atoms with Crippen LogP contribution in [0.3, 0.4) is 0 Å². The van der Waals surface area contributed by atoms with E-state index >= 15 is 0 Å². The van der Waals surface area contributed by atoms with Gasteiger partial charge in [-0.05, 0) is 94.3 Å². The molecule has 0 amide bonds. The molecule has 0 bridgehead atoms. The summed E-state index contributed by atoms with van der Waals surface area (Å²) in [7, 11) is 0. The van der Waals surface area contributed by atoms with Crippen LogP contribution in [0.4, 0.5) is 0 Å². The lowest BCUT2D eigenvalue weighted by atomic mass is 10.1. The summed E-state index contributed by atoms with van der Waals surface area (Å²) < 4.78 is 4.70. The van der Waals surface area contributed by atoms with Crippen molar-refractivity contribution in [3.63, 3.8) is 0 Å². The molecule has 3 aromatic heterocycles. The Bertz CT molecular complexity index is 3560. The molecule has 3 heterocycles. The number of aromatic nitrogens is 5. The third-order valence-electron chi connectivity index (χ3n) is 11.5. The lowest BCUT2D eigenvalue weighted by Gasteiger charge is -2.13. The molecule has 0 fully saturated rings. The van der Waals surface area contributed by atoms with E-state index in [0.717, 1.165) is 49.9 Å². The van der Waals surface area contributed by atoms with E-state index < -0.39 is 0 Å². The number of hydrogen-bond acceptors (Lipinski definition) is 3. The molecule has 0 unspecified atom stereocenters. The van der Waals surface area contributed by atoms with Crippen LogP contribution in [0.1, 0.15) is 0 Å². The highest BCUT2D eigenvalue weighted by molar-refractivity contribution is 6.14. The average Bonchev–Trinajstić information content (AvgIpc) is 3.81. The first-order valence-corrected chi connectivity index (χ1v) is 19.6. The zero-order valence-electron chi connectivity index (χ0n) is 31.3. The van der Waals surface area contributed by atoms with E-state index in [0.29, 0.717) is 17.5 Å². The SMILES string of the molecule is c1ccc(-n2c3ccccc3c3cccc(-c4nc(-c5ccc(-n6c7ccccc7c7cc8ccccc8cc76)cc5)nc(-c5ccc6ccccc6c5)n4)c32)cc1. The number of para-hydroxylation sites is 4. The molecule has 5 nitrogen and oxygen atoms in total. The van der Waals surface area contributed by atoms with Crippen LogP contribution in [0, 0.1) is 0 Å². The van der Waals surface area contributed by atoms with E-state index in [2.05, 4.69) is 209 Å². The predicted octanol–water partition coefficient (Wildman–Crippen LogP) is 13.4. The summed E-state index contributed by atoms with van der Waals surface area (Å²) in [6, 6.07) is 70.9. The molecule has 0 N–H and O–H groups in total. The van der Waals surface area contributed by atoms with Crippen molar-refractivity contribution in [2.24, 2.45) is 0 Å². The van der Waals surface area contributed by atoms with Crippen LogP contribution < -0.4 is 0 Å². The first kappa shape index (κ1) is 32.4. The van der Waals surface area contributed by atoms with Crippen LogP contribution in [-0.4, -0.2) is 24.1 Å². The van der Waals surface area contributed by atoms with E-state index in [4.69, 9.17) is 15.0 Å². The topological polar surface area (TPSA) is 48.5 Å². The number of rotatable bonds is 5. The quantitative estimate of drug-likeness (QED) is 0.177. The molecule has 58 heavy (non-hydrogen) atoms. The van der Waals surface area contributed by atoms with Gasteiger partial charge in [-0.25, -0.2) is 15.0 Å². The monoisotopic (exact) mass is 739 g/mol. The Hall–Kier alpha value is -7.89. The first-order chi connectivity index (χ1) is 28.7. The Labute approximate surface area is 333 Å². The highest BCUT2D eigenvalue weighted by Crippen LogP contribution is 2.39. The lowest BCUT2D eigenvalue weighted by Crippen LogP contribution is -2.02. The van der Waals surface area contributed by atoms with Gasteiger partial charge in [-0.1, -0.05) is 127 Å². The van der Waals surface area contributed by atoms with Crippen LogP contribution in [0.15, 0.2) is 200 Å². The van der Waals surface area contributed by atoms with Gasteiger partial charge in [0.05, 0.1) is 22.1 Å². The number of hydrogen-bond donors (Lipinski definition) is 0. The Morgan fingerprint density at radius 1 is 0.293 bits per heavy atom. The minimum Gasteiger partial charge on any atom is -0.309 e. The molecule has 0 aliphatic rings. The Morgan fingerprint density at radius 3 is 1.59 bits per heavy atom. The molecule has 12 aromatic rings. The third-order valence-corrected chi connectivity index (χ3v) is 11.5. The van der Waals surface area contributed by atoms with Gasteiger partial charge in [0.15, 0.2) is 17.5 Å². The van der Waals surface area contributed by atoms with Gasteiger partial charge in [-0.15, -0.1) is 0 Å². The molecule has 0 atom stereocenters. The van der Waals surface area contributed by atoms with Crippen LogP contribution in [0.25, 0.3) is 111 Å². The highest BCUT2D eigenvalue weighted by Gasteiger charge is 2.20. The first-order valence-electron chi connectivity index (χ1n) is 19.6. The molecule has 9 aromatic carbocycles. The minimum atomic E-state index is 0.618. The smallest absolute Gasteiger partial charge is 0.166 e. The Morgan fingerprint density at radius 2 is 0.828 bits per heavy atom. The summed E-state index contributed by atoms with van der Waals surface area (Å²) in [5, 5.41) is 9.57. The summed E-state index contributed by atoms with van der Waals surface area (Å²) in [5.74, 6) is 1.87. The molecule has 270 valence electrons. The third kappa shape index (κ3) is 5.07. The summed E-state index contributed by atoms with van der Waals surface area (Å²) in [6.45, 7) is 0. The molecule has 0 aliphatic heterocycles. The average molecular weight is 740 g/mol. The minimum absolute atomic E-state index is 0.618. The number of fused-ring (bicyclic) bond motifs is 8.